The molecule has 0 spiro atoms. The molecule has 1 N–H and O–H groups in total. The minimum Gasteiger partial charge on any atom is -0.456 e. The van der Waals surface area contributed by atoms with Crippen molar-refractivity contribution in [2.24, 2.45) is 0 Å². The number of esters is 1. The van der Waals surface area contributed by atoms with E-state index in [9.17, 15) is 13.2 Å². The van der Waals surface area contributed by atoms with E-state index in [-0.39, 0.29) is 5.97 Å². The predicted octanol–water partition coefficient (Wildman–Crippen LogP) is 0.316. The molecular formula is C10H22NO5S+. The van der Waals surface area contributed by atoms with Gasteiger partial charge in [0.15, 0.2) is 0 Å². The maximum atomic E-state index is 10.9. The van der Waals surface area contributed by atoms with Gasteiger partial charge in [-0.05, 0) is 6.92 Å². The van der Waals surface area contributed by atoms with E-state index in [1.165, 1.54) is 0 Å². The molecule has 0 aliphatic heterocycles. The Balaban J connectivity index is 0. The van der Waals surface area contributed by atoms with Crippen LogP contribution in [0.5, 0.6) is 0 Å². The summed E-state index contributed by atoms with van der Waals surface area (Å²) in [5.41, 5.74) is 0.455. The molecule has 17 heavy (non-hydrogen) atoms. The summed E-state index contributed by atoms with van der Waals surface area (Å²) in [4.78, 5) is 10.9. The molecule has 0 unspecified atom stereocenters. The van der Waals surface area contributed by atoms with Crippen molar-refractivity contribution in [1.29, 1.82) is 0 Å². The summed E-state index contributed by atoms with van der Waals surface area (Å²) < 4.78 is 31.6. The molecule has 0 aromatic heterocycles. The van der Waals surface area contributed by atoms with Gasteiger partial charge in [0.1, 0.15) is 13.2 Å². The van der Waals surface area contributed by atoms with Gasteiger partial charge in [-0.2, -0.15) is 8.42 Å². The molecule has 0 saturated heterocycles. The van der Waals surface area contributed by atoms with Crippen molar-refractivity contribution < 1.29 is 27.0 Å². The lowest BCUT2D eigenvalue weighted by Crippen LogP contribution is -2.38. The van der Waals surface area contributed by atoms with Crippen molar-refractivity contribution in [1.82, 2.24) is 0 Å². The van der Waals surface area contributed by atoms with Gasteiger partial charge >= 0.3 is 5.97 Å². The summed E-state index contributed by atoms with van der Waals surface area (Å²) in [6.45, 7) is 6.41. The van der Waals surface area contributed by atoms with Crippen LogP contribution in [0.2, 0.25) is 0 Å². The molecule has 0 bridgehead atoms. The molecule has 0 aromatic carbocycles. The molecule has 0 rings (SSSR count). The number of carbonyl (C=O) groups is 1. The highest BCUT2D eigenvalue weighted by molar-refractivity contribution is 7.85. The van der Waals surface area contributed by atoms with Gasteiger partial charge in [0.05, 0.1) is 27.4 Å². The Kier molecular flexibility index (Phi) is 8.04. The first-order valence-corrected chi connectivity index (χ1v) is 6.73. The fourth-order valence-corrected chi connectivity index (χ4v) is 0.535. The Morgan fingerprint density at radius 2 is 1.71 bits per heavy atom. The Bertz CT molecular complexity index is 345. The van der Waals surface area contributed by atoms with Crippen LogP contribution < -0.4 is 0 Å². The summed E-state index contributed by atoms with van der Waals surface area (Å²) in [7, 11) is 2.48. The van der Waals surface area contributed by atoms with E-state index < -0.39 is 10.1 Å². The number of carbonyl (C=O) groups excluding carboxylic acids is 1. The van der Waals surface area contributed by atoms with Crippen molar-refractivity contribution in [3.63, 3.8) is 0 Å². The minimum absolute atomic E-state index is 0.302. The summed E-state index contributed by atoms with van der Waals surface area (Å²) in [6.07, 6.45) is 0.715. The maximum absolute atomic E-state index is 10.9. The van der Waals surface area contributed by atoms with Crippen LogP contribution in [0.3, 0.4) is 0 Å². The standard InChI is InChI=1S/C9H18NO2.CH4O3S/c1-8(2)9(11)12-7-6-10(3,4)5;1-5(2,3)4/h1,6-7H2,2-5H3;1H3,(H,2,3,4)/q+1;. The molecule has 0 aliphatic rings. The number of nitrogens with zero attached hydrogens (tertiary/aromatic N) is 1. The summed E-state index contributed by atoms with van der Waals surface area (Å²) in [5.74, 6) is -0.302. The fraction of sp³-hybridized carbons (Fsp3) is 0.700. The number of hydrogen-bond acceptors (Lipinski definition) is 4. The van der Waals surface area contributed by atoms with Crippen LogP contribution in [0.4, 0.5) is 0 Å². The topological polar surface area (TPSA) is 80.7 Å². The molecule has 0 fully saturated rings. The molecule has 0 aromatic rings. The van der Waals surface area contributed by atoms with Crippen LogP contribution in [0.15, 0.2) is 12.2 Å². The molecule has 0 aliphatic carbocycles. The van der Waals surface area contributed by atoms with Gasteiger partial charge in [-0.15, -0.1) is 0 Å². The SMILES string of the molecule is C=C(C)C(=O)OCC[N+](C)(C)C.CS(=O)(=O)O. The summed E-state index contributed by atoms with van der Waals surface area (Å²) in [6, 6.07) is 0. The quantitative estimate of drug-likeness (QED) is 0.344. The van der Waals surface area contributed by atoms with Crippen molar-refractivity contribution in [2.75, 3.05) is 40.6 Å². The first-order chi connectivity index (χ1) is 7.33. The van der Waals surface area contributed by atoms with E-state index in [4.69, 9.17) is 9.29 Å². The second kappa shape index (κ2) is 7.41. The third kappa shape index (κ3) is 25.4. The van der Waals surface area contributed by atoms with E-state index >= 15 is 0 Å². The zero-order valence-electron chi connectivity index (χ0n) is 11.1. The first-order valence-electron chi connectivity index (χ1n) is 4.88. The lowest BCUT2D eigenvalue weighted by molar-refractivity contribution is -0.870. The van der Waals surface area contributed by atoms with Crippen LogP contribution in [-0.2, 0) is 19.6 Å². The summed E-state index contributed by atoms with van der Waals surface area (Å²) in [5, 5.41) is 0. The average molecular weight is 268 g/mol. The number of likely N-dealkylation sites (N-methyl/N-ethyl adjacent to an activating group) is 1. The molecule has 0 heterocycles. The lowest BCUT2D eigenvalue weighted by atomic mass is 10.4. The average Bonchev–Trinajstić information content (AvgIpc) is 1.97. The zero-order valence-corrected chi connectivity index (χ0v) is 11.9. The highest BCUT2D eigenvalue weighted by Gasteiger charge is 2.09. The fourth-order valence-electron chi connectivity index (χ4n) is 0.535. The van der Waals surface area contributed by atoms with E-state index in [0.29, 0.717) is 18.4 Å². The Morgan fingerprint density at radius 1 is 1.35 bits per heavy atom. The van der Waals surface area contributed by atoms with Gasteiger partial charge in [0.2, 0.25) is 0 Å². The van der Waals surface area contributed by atoms with E-state index in [1.54, 1.807) is 6.92 Å². The largest absolute Gasteiger partial charge is 0.456 e. The monoisotopic (exact) mass is 268 g/mol. The maximum Gasteiger partial charge on any atom is 0.333 e. The smallest absolute Gasteiger partial charge is 0.333 e. The Hall–Kier alpha value is -0.920. The van der Waals surface area contributed by atoms with Gasteiger partial charge in [-0.25, -0.2) is 4.79 Å². The number of ether oxygens (including phenoxy) is 1. The Morgan fingerprint density at radius 3 is 1.94 bits per heavy atom. The van der Waals surface area contributed by atoms with Crippen LogP contribution in [0.1, 0.15) is 6.92 Å². The number of quaternary nitrogens is 1. The molecule has 0 radical (unpaired) electrons. The van der Waals surface area contributed by atoms with Crippen molar-refractivity contribution in [2.45, 2.75) is 6.92 Å². The summed E-state index contributed by atoms with van der Waals surface area (Å²) >= 11 is 0. The number of hydrogen-bond donors (Lipinski definition) is 1. The normalized spacial score (nSPS) is 11.2. The lowest BCUT2D eigenvalue weighted by Gasteiger charge is -2.23. The minimum atomic E-state index is -3.67. The highest BCUT2D eigenvalue weighted by Crippen LogP contribution is 1.94. The van der Waals surface area contributed by atoms with E-state index in [2.05, 4.69) is 27.7 Å². The third-order valence-corrected chi connectivity index (χ3v) is 1.34. The van der Waals surface area contributed by atoms with Crippen molar-refractivity contribution in [3.8, 4) is 0 Å². The second-order valence-electron chi connectivity index (χ2n) is 4.66. The van der Waals surface area contributed by atoms with Gasteiger partial charge in [-0.1, -0.05) is 6.58 Å². The third-order valence-electron chi connectivity index (χ3n) is 1.34. The van der Waals surface area contributed by atoms with E-state index in [0.717, 1.165) is 11.0 Å². The van der Waals surface area contributed by atoms with Crippen LogP contribution >= 0.6 is 0 Å². The van der Waals surface area contributed by atoms with E-state index in [1.807, 2.05) is 0 Å². The van der Waals surface area contributed by atoms with Crippen molar-refractivity contribution in [3.05, 3.63) is 12.2 Å². The first kappa shape index (κ1) is 18.4. The molecule has 7 heteroatoms. The molecule has 0 amide bonds. The van der Waals surface area contributed by atoms with Crippen molar-refractivity contribution >= 4 is 16.1 Å². The van der Waals surface area contributed by atoms with Gasteiger partial charge in [0.25, 0.3) is 10.1 Å². The predicted molar refractivity (Wildman–Crippen MR) is 66.1 cm³/mol. The van der Waals surface area contributed by atoms with Crippen LogP contribution in [-0.4, -0.2) is 64.0 Å². The Labute approximate surface area is 103 Å². The van der Waals surface area contributed by atoms with Crippen LogP contribution in [0, 0.1) is 0 Å². The molecular weight excluding hydrogens is 246 g/mol. The molecule has 0 atom stereocenters. The van der Waals surface area contributed by atoms with Crippen LogP contribution in [0.25, 0.3) is 0 Å². The molecule has 102 valence electrons. The van der Waals surface area contributed by atoms with Gasteiger partial charge in [0, 0.05) is 5.57 Å². The molecule has 6 nitrogen and oxygen atoms in total. The van der Waals surface area contributed by atoms with Gasteiger partial charge in [-0.3, -0.25) is 4.55 Å². The molecule has 0 saturated carbocycles. The zero-order chi connectivity index (χ0) is 14.3. The van der Waals surface area contributed by atoms with Gasteiger partial charge < -0.3 is 9.22 Å². The second-order valence-corrected chi connectivity index (χ2v) is 6.13. The highest BCUT2D eigenvalue weighted by atomic mass is 32.2. The number of rotatable bonds is 4.